The van der Waals surface area contributed by atoms with Crippen LogP contribution in [-0.2, 0) is 21.4 Å². The molecule has 0 aliphatic carbocycles. The lowest BCUT2D eigenvalue weighted by Gasteiger charge is -2.34. The van der Waals surface area contributed by atoms with Gasteiger partial charge in [0.2, 0.25) is 15.9 Å². The molecule has 1 aromatic carbocycles. The van der Waals surface area contributed by atoms with Gasteiger partial charge in [-0.15, -0.1) is 5.10 Å². The molecule has 4 rings (SSSR count). The Kier molecular flexibility index (Phi) is 5.84. The molecule has 0 N–H and O–H groups in total. The van der Waals surface area contributed by atoms with Crippen molar-refractivity contribution in [2.24, 2.45) is 0 Å². The predicted octanol–water partition coefficient (Wildman–Crippen LogP) is 0.770. The second kappa shape index (κ2) is 8.37. The molecule has 2 aliphatic heterocycles. The molecule has 29 heavy (non-hydrogen) atoms. The summed E-state index contributed by atoms with van der Waals surface area (Å²) < 4.78 is 28.7. The smallest absolute Gasteiger partial charge is 0.243 e. The van der Waals surface area contributed by atoms with Crippen molar-refractivity contribution in [1.82, 2.24) is 29.1 Å². The molecule has 2 aliphatic rings. The Labute approximate surface area is 171 Å². The number of rotatable bonds is 6. The second-order valence-electron chi connectivity index (χ2n) is 7.64. The fourth-order valence-corrected chi connectivity index (χ4v) is 5.57. The molecule has 3 heterocycles. The van der Waals surface area contributed by atoms with Crippen LogP contribution in [0.25, 0.3) is 11.0 Å². The maximum atomic E-state index is 12.7. The highest BCUT2D eigenvalue weighted by Gasteiger charge is 2.27. The van der Waals surface area contributed by atoms with Crippen LogP contribution in [0.3, 0.4) is 0 Å². The first-order valence-electron chi connectivity index (χ1n) is 10.3. The number of hydrogen-bond acceptors (Lipinski definition) is 6. The molecule has 2 fully saturated rings. The summed E-state index contributed by atoms with van der Waals surface area (Å²) in [6.45, 7) is 8.10. The van der Waals surface area contributed by atoms with Crippen molar-refractivity contribution < 1.29 is 13.2 Å². The van der Waals surface area contributed by atoms with Crippen LogP contribution >= 0.6 is 0 Å². The van der Waals surface area contributed by atoms with E-state index in [9.17, 15) is 13.2 Å². The van der Waals surface area contributed by atoms with Gasteiger partial charge >= 0.3 is 0 Å². The van der Waals surface area contributed by atoms with Crippen LogP contribution in [0, 0.1) is 0 Å². The molecular weight excluding hydrogens is 392 g/mol. The molecule has 0 bridgehead atoms. The van der Waals surface area contributed by atoms with E-state index in [2.05, 4.69) is 22.1 Å². The number of fused-ring (bicyclic) bond motifs is 1. The number of sulfonamides is 1. The number of aryl methyl sites for hydroxylation is 1. The van der Waals surface area contributed by atoms with Gasteiger partial charge in [0.25, 0.3) is 0 Å². The fourth-order valence-electron chi connectivity index (χ4n) is 4.03. The topological polar surface area (TPSA) is 91.6 Å². The van der Waals surface area contributed by atoms with Crippen molar-refractivity contribution in [3.8, 4) is 0 Å². The Morgan fingerprint density at radius 1 is 1.07 bits per heavy atom. The standard InChI is InChI=1S/C19H28N6O3S/c1-2-22-11-13-23(14-12-22)19(26)7-10-25-18-6-5-16(15-17(18)20-21-25)29(27,28)24-8-3-4-9-24/h5-6,15H,2-4,7-14H2,1H3. The molecule has 10 heteroatoms. The molecule has 0 spiro atoms. The summed E-state index contributed by atoms with van der Waals surface area (Å²) in [6.07, 6.45) is 2.16. The monoisotopic (exact) mass is 420 g/mol. The Balaban J connectivity index is 1.42. The summed E-state index contributed by atoms with van der Waals surface area (Å²) in [7, 11) is -3.48. The molecule has 1 aromatic heterocycles. The average molecular weight is 421 g/mol. The zero-order valence-electron chi connectivity index (χ0n) is 16.8. The number of piperazine rings is 1. The first kappa shape index (κ1) is 20.2. The Bertz CT molecular complexity index is 975. The highest BCUT2D eigenvalue weighted by Crippen LogP contribution is 2.23. The SMILES string of the molecule is CCN1CCN(C(=O)CCn2nnc3cc(S(=O)(=O)N4CCCC4)ccc32)CC1. The number of benzene rings is 1. The van der Waals surface area contributed by atoms with E-state index in [1.54, 1.807) is 22.9 Å². The van der Waals surface area contributed by atoms with Gasteiger partial charge in [-0.2, -0.15) is 4.31 Å². The van der Waals surface area contributed by atoms with Gasteiger partial charge in [0.1, 0.15) is 5.52 Å². The first-order valence-corrected chi connectivity index (χ1v) is 11.8. The predicted molar refractivity (Wildman–Crippen MR) is 109 cm³/mol. The van der Waals surface area contributed by atoms with Gasteiger partial charge in [0.05, 0.1) is 17.0 Å². The Hall–Kier alpha value is -2.04. The average Bonchev–Trinajstić information content (AvgIpc) is 3.42. The van der Waals surface area contributed by atoms with Crippen LogP contribution in [0.4, 0.5) is 0 Å². The number of carbonyl (C=O) groups excluding carboxylic acids is 1. The molecule has 9 nitrogen and oxygen atoms in total. The zero-order chi connectivity index (χ0) is 20.4. The number of nitrogens with zero attached hydrogens (tertiary/aromatic N) is 6. The number of aromatic nitrogens is 3. The van der Waals surface area contributed by atoms with Gasteiger partial charge in [-0.05, 0) is 37.6 Å². The van der Waals surface area contributed by atoms with Gasteiger partial charge in [0, 0.05) is 45.7 Å². The molecule has 158 valence electrons. The highest BCUT2D eigenvalue weighted by atomic mass is 32.2. The molecule has 0 atom stereocenters. The molecule has 2 saturated heterocycles. The summed E-state index contributed by atoms with van der Waals surface area (Å²) in [5.74, 6) is 0.123. The van der Waals surface area contributed by atoms with E-state index >= 15 is 0 Å². The summed E-state index contributed by atoms with van der Waals surface area (Å²) >= 11 is 0. The van der Waals surface area contributed by atoms with Gasteiger partial charge in [0.15, 0.2) is 0 Å². The Morgan fingerprint density at radius 2 is 1.79 bits per heavy atom. The van der Waals surface area contributed by atoms with Gasteiger partial charge in [-0.3, -0.25) is 4.79 Å². The largest absolute Gasteiger partial charge is 0.340 e. The third kappa shape index (κ3) is 4.15. The minimum Gasteiger partial charge on any atom is -0.340 e. The maximum absolute atomic E-state index is 12.7. The summed E-state index contributed by atoms with van der Waals surface area (Å²) in [6, 6.07) is 4.93. The van der Waals surface area contributed by atoms with Crippen molar-refractivity contribution in [3.05, 3.63) is 18.2 Å². The van der Waals surface area contributed by atoms with Gasteiger partial charge < -0.3 is 9.80 Å². The van der Waals surface area contributed by atoms with Crippen molar-refractivity contribution in [2.45, 2.75) is 37.6 Å². The summed E-state index contributed by atoms with van der Waals surface area (Å²) in [5.41, 5.74) is 1.28. The van der Waals surface area contributed by atoms with E-state index in [0.29, 0.717) is 31.6 Å². The normalized spacial score (nSPS) is 19.3. The lowest BCUT2D eigenvalue weighted by molar-refractivity contribution is -0.133. The molecule has 0 saturated carbocycles. The lowest BCUT2D eigenvalue weighted by atomic mass is 10.2. The van der Waals surface area contributed by atoms with Crippen LogP contribution in [0.2, 0.25) is 0 Å². The van der Waals surface area contributed by atoms with Crippen LogP contribution in [0.15, 0.2) is 23.1 Å². The molecule has 0 unspecified atom stereocenters. The van der Waals surface area contributed by atoms with Gasteiger partial charge in [-0.1, -0.05) is 12.1 Å². The van der Waals surface area contributed by atoms with E-state index in [1.165, 1.54) is 4.31 Å². The minimum absolute atomic E-state index is 0.123. The molecule has 1 amide bonds. The van der Waals surface area contributed by atoms with E-state index in [1.807, 2.05) is 4.90 Å². The number of amides is 1. The van der Waals surface area contributed by atoms with E-state index in [-0.39, 0.29) is 10.8 Å². The summed E-state index contributed by atoms with van der Waals surface area (Å²) in [5, 5.41) is 8.27. The van der Waals surface area contributed by atoms with Crippen molar-refractivity contribution in [3.63, 3.8) is 0 Å². The first-order chi connectivity index (χ1) is 14.0. The van der Waals surface area contributed by atoms with Crippen LogP contribution in [0.1, 0.15) is 26.2 Å². The highest BCUT2D eigenvalue weighted by molar-refractivity contribution is 7.89. The van der Waals surface area contributed by atoms with E-state index in [4.69, 9.17) is 0 Å². The molecular formula is C19H28N6O3S. The number of likely N-dealkylation sites (N-methyl/N-ethyl adjacent to an activating group) is 1. The van der Waals surface area contributed by atoms with Crippen LogP contribution < -0.4 is 0 Å². The maximum Gasteiger partial charge on any atom is 0.243 e. The van der Waals surface area contributed by atoms with Crippen LogP contribution in [-0.4, -0.2) is 89.2 Å². The number of carbonyl (C=O) groups is 1. The quantitative estimate of drug-likeness (QED) is 0.686. The van der Waals surface area contributed by atoms with Crippen molar-refractivity contribution in [2.75, 3.05) is 45.8 Å². The summed E-state index contributed by atoms with van der Waals surface area (Å²) in [4.78, 5) is 17.0. The van der Waals surface area contributed by atoms with E-state index < -0.39 is 10.0 Å². The third-order valence-electron chi connectivity index (χ3n) is 5.90. The third-order valence-corrected chi connectivity index (χ3v) is 7.79. The lowest BCUT2D eigenvalue weighted by Crippen LogP contribution is -2.48. The van der Waals surface area contributed by atoms with E-state index in [0.717, 1.165) is 51.1 Å². The molecule has 0 radical (unpaired) electrons. The fraction of sp³-hybridized carbons (Fsp3) is 0.632. The Morgan fingerprint density at radius 3 is 2.48 bits per heavy atom. The van der Waals surface area contributed by atoms with Crippen LogP contribution in [0.5, 0.6) is 0 Å². The van der Waals surface area contributed by atoms with Gasteiger partial charge in [-0.25, -0.2) is 13.1 Å². The van der Waals surface area contributed by atoms with Crippen molar-refractivity contribution >= 4 is 27.0 Å². The molecule has 2 aromatic rings. The number of hydrogen-bond donors (Lipinski definition) is 0. The zero-order valence-corrected chi connectivity index (χ0v) is 17.6. The minimum atomic E-state index is -3.48. The second-order valence-corrected chi connectivity index (χ2v) is 9.58. The van der Waals surface area contributed by atoms with Crippen molar-refractivity contribution in [1.29, 1.82) is 0 Å².